The van der Waals surface area contributed by atoms with E-state index in [2.05, 4.69) is 185 Å². The molecule has 11 aromatic rings. The molecular weight excluding hydrogens is 621 g/mol. The molecule has 0 amide bonds. The number of hydrogen-bond donors (Lipinski definition) is 0. The second-order valence-electron chi connectivity index (χ2n) is 13.3. The number of benzene rings is 8. The van der Waals surface area contributed by atoms with Crippen LogP contribution in [0.5, 0.6) is 0 Å². The highest BCUT2D eigenvalue weighted by Gasteiger charge is 2.19. The molecule has 0 N–H and O–H groups in total. The van der Waals surface area contributed by atoms with E-state index >= 15 is 0 Å². The molecule has 0 saturated carbocycles. The molecule has 0 unspecified atom stereocenters. The smallest absolute Gasteiger partial charge is 0.138 e. The van der Waals surface area contributed by atoms with Gasteiger partial charge in [0.15, 0.2) is 0 Å². The van der Waals surface area contributed by atoms with E-state index < -0.39 is 0 Å². The zero-order valence-electron chi connectivity index (χ0n) is 27.6. The zero-order chi connectivity index (χ0) is 33.5. The van der Waals surface area contributed by atoms with Crippen LogP contribution in [0.25, 0.3) is 99.2 Å². The van der Waals surface area contributed by atoms with Gasteiger partial charge in [0, 0.05) is 44.1 Å². The molecule has 0 atom stereocenters. The fourth-order valence-corrected chi connectivity index (χ4v) is 8.25. The van der Waals surface area contributed by atoms with Gasteiger partial charge in [-0.2, -0.15) is 0 Å². The average molecular weight is 651 g/mol. The van der Waals surface area contributed by atoms with E-state index in [4.69, 9.17) is 4.42 Å². The highest BCUT2D eigenvalue weighted by atomic mass is 16.3. The minimum Gasteiger partial charge on any atom is -0.456 e. The molecule has 3 aromatic heterocycles. The summed E-state index contributed by atoms with van der Waals surface area (Å²) < 4.78 is 11.3. The normalized spacial score (nSPS) is 11.9. The summed E-state index contributed by atoms with van der Waals surface area (Å²) in [6.07, 6.45) is 0. The topological polar surface area (TPSA) is 23.0 Å². The number of rotatable bonds is 4. The molecule has 51 heavy (non-hydrogen) atoms. The maximum atomic E-state index is 6.53. The minimum absolute atomic E-state index is 0.887. The monoisotopic (exact) mass is 650 g/mol. The average Bonchev–Trinajstić information content (AvgIpc) is 3.85. The first-order valence-electron chi connectivity index (χ1n) is 17.4. The highest BCUT2D eigenvalue weighted by molar-refractivity contribution is 6.15. The molecule has 3 nitrogen and oxygen atoms in total. The minimum atomic E-state index is 0.887. The summed E-state index contributed by atoms with van der Waals surface area (Å²) in [5.41, 5.74) is 13.5. The van der Waals surface area contributed by atoms with E-state index in [1.807, 2.05) is 6.07 Å². The van der Waals surface area contributed by atoms with Gasteiger partial charge >= 0.3 is 0 Å². The molecule has 8 aromatic carbocycles. The Morgan fingerprint density at radius 2 is 0.824 bits per heavy atom. The highest BCUT2D eigenvalue weighted by Crippen LogP contribution is 2.42. The van der Waals surface area contributed by atoms with Crippen molar-refractivity contribution in [2.75, 3.05) is 0 Å². The standard InChI is InChI=1S/C48H30N2O/c1-3-13-31(14-4-1)39-29-35(30-47-48(39)38-19-9-12-22-46(38)51-47)50-43-21-11-8-18-37(43)41-28-33(24-26-45(41)50)32-23-25-44-40(27-32)36-17-7-10-20-42(36)49(44)34-15-5-2-6-16-34/h1-30H. The second kappa shape index (κ2) is 10.8. The number of nitrogens with zero attached hydrogens (tertiary/aromatic N) is 2. The fraction of sp³-hybridized carbons (Fsp3) is 0. The van der Waals surface area contributed by atoms with Crippen molar-refractivity contribution in [3.63, 3.8) is 0 Å². The Morgan fingerprint density at radius 3 is 1.47 bits per heavy atom. The molecule has 0 spiro atoms. The Morgan fingerprint density at radius 1 is 0.314 bits per heavy atom. The quantitative estimate of drug-likeness (QED) is 0.186. The van der Waals surface area contributed by atoms with Crippen molar-refractivity contribution < 1.29 is 4.42 Å². The van der Waals surface area contributed by atoms with Crippen LogP contribution in [0.3, 0.4) is 0 Å². The molecule has 0 aliphatic rings. The fourth-order valence-electron chi connectivity index (χ4n) is 8.25. The van der Waals surface area contributed by atoms with Crippen LogP contribution in [0.1, 0.15) is 0 Å². The first-order chi connectivity index (χ1) is 25.3. The summed E-state index contributed by atoms with van der Waals surface area (Å²) in [6, 6.07) is 65.5. The zero-order valence-corrected chi connectivity index (χ0v) is 27.6. The van der Waals surface area contributed by atoms with Crippen molar-refractivity contribution in [3.05, 3.63) is 182 Å². The van der Waals surface area contributed by atoms with Gasteiger partial charge in [-0.05, 0) is 82.9 Å². The van der Waals surface area contributed by atoms with Crippen LogP contribution in [0, 0.1) is 0 Å². The van der Waals surface area contributed by atoms with Crippen LogP contribution in [0.15, 0.2) is 186 Å². The number of fused-ring (bicyclic) bond motifs is 9. The second-order valence-corrected chi connectivity index (χ2v) is 13.3. The van der Waals surface area contributed by atoms with Gasteiger partial charge in [-0.3, -0.25) is 0 Å². The first kappa shape index (κ1) is 28.0. The largest absolute Gasteiger partial charge is 0.456 e. The molecular formula is C48H30N2O. The van der Waals surface area contributed by atoms with Crippen molar-refractivity contribution >= 4 is 65.6 Å². The van der Waals surface area contributed by atoms with Crippen molar-refractivity contribution in [2.45, 2.75) is 0 Å². The molecule has 0 fully saturated rings. The van der Waals surface area contributed by atoms with E-state index in [1.54, 1.807) is 0 Å². The van der Waals surface area contributed by atoms with Crippen molar-refractivity contribution in [3.8, 4) is 33.6 Å². The Kier molecular flexibility index (Phi) is 5.96. The van der Waals surface area contributed by atoms with Crippen LogP contribution < -0.4 is 0 Å². The van der Waals surface area contributed by atoms with Crippen LogP contribution >= 0.6 is 0 Å². The summed E-state index contributed by atoms with van der Waals surface area (Å²) >= 11 is 0. The number of aromatic nitrogens is 2. The summed E-state index contributed by atoms with van der Waals surface area (Å²) in [5, 5.41) is 7.23. The van der Waals surface area contributed by atoms with Crippen molar-refractivity contribution in [1.29, 1.82) is 0 Å². The van der Waals surface area contributed by atoms with Gasteiger partial charge in [0.1, 0.15) is 11.2 Å². The van der Waals surface area contributed by atoms with Crippen LogP contribution in [0.4, 0.5) is 0 Å². The van der Waals surface area contributed by atoms with Gasteiger partial charge < -0.3 is 13.6 Å². The maximum absolute atomic E-state index is 6.53. The molecule has 3 heterocycles. The summed E-state index contributed by atoms with van der Waals surface area (Å²) in [4.78, 5) is 0. The lowest BCUT2D eigenvalue weighted by atomic mass is 9.98. The molecule has 0 radical (unpaired) electrons. The van der Waals surface area contributed by atoms with Crippen LogP contribution in [0.2, 0.25) is 0 Å². The molecule has 0 aliphatic heterocycles. The maximum Gasteiger partial charge on any atom is 0.138 e. The third-order valence-corrected chi connectivity index (χ3v) is 10.5. The third-order valence-electron chi connectivity index (χ3n) is 10.5. The van der Waals surface area contributed by atoms with Gasteiger partial charge in [0.2, 0.25) is 0 Å². The van der Waals surface area contributed by atoms with Crippen molar-refractivity contribution in [1.82, 2.24) is 9.13 Å². The van der Waals surface area contributed by atoms with Gasteiger partial charge in [0.05, 0.1) is 27.8 Å². The molecule has 0 bridgehead atoms. The van der Waals surface area contributed by atoms with E-state index in [0.717, 1.165) is 33.1 Å². The predicted molar refractivity (Wildman–Crippen MR) is 213 cm³/mol. The molecule has 3 heteroatoms. The molecule has 11 rings (SSSR count). The Labute approximate surface area is 293 Å². The predicted octanol–water partition coefficient (Wildman–Crippen LogP) is 13.1. The molecule has 0 aliphatic carbocycles. The van der Waals surface area contributed by atoms with E-state index in [9.17, 15) is 0 Å². The third kappa shape index (κ3) is 4.19. The first-order valence-corrected chi connectivity index (χ1v) is 17.4. The van der Waals surface area contributed by atoms with E-state index in [-0.39, 0.29) is 0 Å². The van der Waals surface area contributed by atoms with Gasteiger partial charge in [-0.1, -0.05) is 115 Å². The summed E-state index contributed by atoms with van der Waals surface area (Å²) in [7, 11) is 0. The van der Waals surface area contributed by atoms with Gasteiger partial charge in [-0.25, -0.2) is 0 Å². The lowest BCUT2D eigenvalue weighted by molar-refractivity contribution is 0.668. The lowest BCUT2D eigenvalue weighted by Crippen LogP contribution is -1.95. The summed E-state index contributed by atoms with van der Waals surface area (Å²) in [5.74, 6) is 0. The van der Waals surface area contributed by atoms with Gasteiger partial charge in [0.25, 0.3) is 0 Å². The molecule has 0 saturated heterocycles. The van der Waals surface area contributed by atoms with E-state index in [1.165, 1.54) is 66.0 Å². The van der Waals surface area contributed by atoms with Crippen LogP contribution in [-0.2, 0) is 0 Å². The van der Waals surface area contributed by atoms with Crippen LogP contribution in [-0.4, -0.2) is 9.13 Å². The number of hydrogen-bond acceptors (Lipinski definition) is 1. The van der Waals surface area contributed by atoms with Crippen molar-refractivity contribution in [2.24, 2.45) is 0 Å². The summed E-state index contributed by atoms with van der Waals surface area (Å²) in [6.45, 7) is 0. The lowest BCUT2D eigenvalue weighted by Gasteiger charge is -2.12. The Bertz CT molecular complexity index is 3130. The van der Waals surface area contributed by atoms with E-state index in [0.29, 0.717) is 0 Å². The molecule has 238 valence electrons. The Balaban J connectivity index is 1.13. The Hall–Kier alpha value is -6.84. The SMILES string of the molecule is c1ccc(-c2cc(-n3c4ccccc4c4cc(-c5ccc6c(c5)c5ccccc5n6-c5ccccc5)ccc43)cc3oc4ccccc4c23)cc1. The van der Waals surface area contributed by atoms with Gasteiger partial charge in [-0.15, -0.1) is 0 Å². The number of furan rings is 1. The number of para-hydroxylation sites is 4.